The van der Waals surface area contributed by atoms with Gasteiger partial charge in [-0.2, -0.15) is 0 Å². The fourth-order valence-electron chi connectivity index (χ4n) is 2.39. The Morgan fingerprint density at radius 1 is 1.28 bits per heavy atom. The Morgan fingerprint density at radius 3 is 2.17 bits per heavy atom. The molecule has 0 aromatic rings. The van der Waals surface area contributed by atoms with Crippen molar-refractivity contribution >= 4 is 6.09 Å². The van der Waals surface area contributed by atoms with Crippen LogP contribution in [0, 0.1) is 11.8 Å². The van der Waals surface area contributed by atoms with E-state index in [-0.39, 0.29) is 24.0 Å². The Bertz CT molecular complexity index is 297. The van der Waals surface area contributed by atoms with Crippen LogP contribution >= 0.6 is 0 Å². The molecule has 0 aromatic heterocycles. The summed E-state index contributed by atoms with van der Waals surface area (Å²) < 4.78 is 10.9. The van der Waals surface area contributed by atoms with Crippen molar-refractivity contribution in [3.63, 3.8) is 0 Å². The van der Waals surface area contributed by atoms with Gasteiger partial charge in [-0.25, -0.2) is 4.79 Å². The molecule has 0 aromatic carbocycles. The van der Waals surface area contributed by atoms with Crippen LogP contribution in [0.15, 0.2) is 12.8 Å². The molecule has 1 heterocycles. The highest BCUT2D eigenvalue weighted by molar-refractivity contribution is 5.68. The molecule has 2 unspecified atom stereocenters. The summed E-state index contributed by atoms with van der Waals surface area (Å²) >= 11 is 0. The highest BCUT2D eigenvalue weighted by Gasteiger charge is 2.36. The molecule has 4 nitrogen and oxygen atoms in total. The van der Waals surface area contributed by atoms with Gasteiger partial charge >= 0.3 is 6.09 Å². The highest BCUT2D eigenvalue weighted by Crippen LogP contribution is 2.26. The molecular formula is C14H25NO3. The van der Waals surface area contributed by atoms with Crippen molar-refractivity contribution in [3.8, 4) is 0 Å². The topological polar surface area (TPSA) is 38.8 Å². The average molecular weight is 255 g/mol. The summed E-state index contributed by atoms with van der Waals surface area (Å²) in [5.41, 5.74) is -0.446. The smallest absolute Gasteiger partial charge is 0.410 e. The molecule has 1 amide bonds. The minimum absolute atomic E-state index is 0.126. The van der Waals surface area contributed by atoms with Gasteiger partial charge in [0.05, 0.1) is 6.26 Å². The van der Waals surface area contributed by atoms with Crippen molar-refractivity contribution in [1.82, 2.24) is 4.90 Å². The van der Waals surface area contributed by atoms with Crippen molar-refractivity contribution in [2.75, 3.05) is 13.1 Å². The Hall–Kier alpha value is -1.19. The van der Waals surface area contributed by atoms with Crippen LogP contribution in [-0.2, 0) is 9.47 Å². The Labute approximate surface area is 110 Å². The van der Waals surface area contributed by atoms with Gasteiger partial charge in [-0.1, -0.05) is 20.4 Å². The number of carbonyl (C=O) groups excluding carboxylic acids is 1. The van der Waals surface area contributed by atoms with Gasteiger partial charge in [0.15, 0.2) is 0 Å². The second-order valence-electron chi connectivity index (χ2n) is 6.11. The molecule has 4 heteroatoms. The molecule has 104 valence electrons. The molecule has 1 aliphatic rings. The minimum Gasteiger partial charge on any atom is -0.498 e. The van der Waals surface area contributed by atoms with Crippen LogP contribution in [0.1, 0.15) is 34.6 Å². The Kier molecular flexibility index (Phi) is 4.65. The van der Waals surface area contributed by atoms with Gasteiger partial charge in [0.25, 0.3) is 0 Å². The summed E-state index contributed by atoms with van der Waals surface area (Å²) in [5.74, 6) is 0.554. The summed E-state index contributed by atoms with van der Waals surface area (Å²) in [6, 6.07) is 0. The number of ether oxygens (including phenoxy) is 2. The summed E-state index contributed by atoms with van der Waals surface area (Å²) in [4.78, 5) is 13.8. The van der Waals surface area contributed by atoms with E-state index in [1.165, 1.54) is 6.26 Å². The van der Waals surface area contributed by atoms with Crippen molar-refractivity contribution < 1.29 is 14.3 Å². The number of piperidine rings is 1. The molecule has 0 aliphatic carbocycles. The normalized spacial score (nSPS) is 28.7. The van der Waals surface area contributed by atoms with Crippen LogP contribution < -0.4 is 0 Å². The fraction of sp³-hybridized carbons (Fsp3) is 0.786. The lowest BCUT2D eigenvalue weighted by molar-refractivity contribution is -0.0327. The van der Waals surface area contributed by atoms with Gasteiger partial charge in [0.2, 0.25) is 0 Å². The lowest BCUT2D eigenvalue weighted by atomic mass is 9.88. The Morgan fingerprint density at radius 2 is 1.78 bits per heavy atom. The number of hydrogen-bond donors (Lipinski definition) is 0. The Balaban J connectivity index is 2.62. The third kappa shape index (κ3) is 3.93. The van der Waals surface area contributed by atoms with E-state index in [1.54, 1.807) is 4.90 Å². The largest absolute Gasteiger partial charge is 0.498 e. The molecule has 18 heavy (non-hydrogen) atoms. The van der Waals surface area contributed by atoms with E-state index in [0.717, 1.165) is 0 Å². The first kappa shape index (κ1) is 14.9. The maximum Gasteiger partial charge on any atom is 0.410 e. The van der Waals surface area contributed by atoms with E-state index in [9.17, 15) is 4.79 Å². The molecule has 0 spiro atoms. The zero-order valence-corrected chi connectivity index (χ0v) is 12.1. The summed E-state index contributed by atoms with van der Waals surface area (Å²) in [7, 11) is 0. The number of amides is 1. The first-order chi connectivity index (χ1) is 8.24. The highest BCUT2D eigenvalue weighted by atomic mass is 16.6. The van der Waals surface area contributed by atoms with Crippen LogP contribution in [0.2, 0.25) is 0 Å². The predicted octanol–water partition coefficient (Wildman–Crippen LogP) is 3.04. The third-order valence-corrected chi connectivity index (χ3v) is 3.04. The van der Waals surface area contributed by atoms with Crippen molar-refractivity contribution in [1.29, 1.82) is 0 Å². The van der Waals surface area contributed by atoms with Gasteiger partial charge in [-0.15, -0.1) is 0 Å². The molecule has 1 rings (SSSR count). The summed E-state index contributed by atoms with van der Waals surface area (Å²) in [6.07, 6.45) is 1.38. The molecule has 0 saturated carbocycles. The average Bonchev–Trinajstić information content (AvgIpc) is 2.20. The zero-order valence-electron chi connectivity index (χ0n) is 12.1. The number of rotatable bonds is 2. The fourth-order valence-corrected chi connectivity index (χ4v) is 2.39. The van der Waals surface area contributed by atoms with E-state index < -0.39 is 5.60 Å². The molecule has 0 bridgehead atoms. The van der Waals surface area contributed by atoms with Crippen LogP contribution in [-0.4, -0.2) is 35.8 Å². The molecular weight excluding hydrogens is 230 g/mol. The van der Waals surface area contributed by atoms with Gasteiger partial charge < -0.3 is 14.4 Å². The van der Waals surface area contributed by atoms with Crippen molar-refractivity contribution in [2.24, 2.45) is 11.8 Å². The maximum absolute atomic E-state index is 12.0. The minimum atomic E-state index is -0.446. The van der Waals surface area contributed by atoms with E-state index >= 15 is 0 Å². The number of nitrogens with zero attached hydrogens (tertiary/aromatic N) is 1. The quantitative estimate of drug-likeness (QED) is 0.712. The predicted molar refractivity (Wildman–Crippen MR) is 71.2 cm³/mol. The number of carbonyl (C=O) groups is 1. The lowest BCUT2D eigenvalue weighted by Gasteiger charge is -2.40. The molecule has 0 radical (unpaired) electrons. The first-order valence-corrected chi connectivity index (χ1v) is 6.49. The van der Waals surface area contributed by atoms with E-state index in [2.05, 4.69) is 20.4 Å². The molecule has 1 saturated heterocycles. The second kappa shape index (κ2) is 5.63. The van der Waals surface area contributed by atoms with Gasteiger partial charge in [0.1, 0.15) is 11.7 Å². The molecule has 1 fully saturated rings. The summed E-state index contributed by atoms with van der Waals surface area (Å²) in [6.45, 7) is 14.7. The number of hydrogen-bond acceptors (Lipinski definition) is 3. The maximum atomic E-state index is 12.0. The SMILES string of the molecule is C=COC1C(C)CN(C(=O)OC(C)(C)C)CC1C. The molecule has 2 atom stereocenters. The third-order valence-electron chi connectivity index (χ3n) is 3.04. The lowest BCUT2D eigenvalue weighted by Crippen LogP contribution is -2.51. The van der Waals surface area contributed by atoms with E-state index in [4.69, 9.17) is 9.47 Å². The zero-order chi connectivity index (χ0) is 13.9. The standard InChI is InChI=1S/C14H25NO3/c1-7-17-12-10(2)8-15(9-11(12)3)13(16)18-14(4,5)6/h7,10-12H,1,8-9H2,2-6H3. The van der Waals surface area contributed by atoms with Crippen molar-refractivity contribution in [2.45, 2.75) is 46.3 Å². The van der Waals surface area contributed by atoms with Gasteiger partial charge in [0, 0.05) is 24.9 Å². The first-order valence-electron chi connectivity index (χ1n) is 6.49. The van der Waals surface area contributed by atoms with Gasteiger partial charge in [-0.3, -0.25) is 0 Å². The molecule has 0 N–H and O–H groups in total. The second-order valence-corrected chi connectivity index (χ2v) is 6.11. The summed E-state index contributed by atoms with van der Waals surface area (Å²) in [5, 5.41) is 0. The van der Waals surface area contributed by atoms with Crippen LogP contribution in [0.3, 0.4) is 0 Å². The van der Waals surface area contributed by atoms with E-state index in [1.807, 2.05) is 20.8 Å². The van der Waals surface area contributed by atoms with Gasteiger partial charge in [-0.05, 0) is 20.8 Å². The van der Waals surface area contributed by atoms with Crippen LogP contribution in [0.5, 0.6) is 0 Å². The van der Waals surface area contributed by atoms with Crippen LogP contribution in [0.25, 0.3) is 0 Å². The monoisotopic (exact) mass is 255 g/mol. The molecule has 1 aliphatic heterocycles. The number of likely N-dealkylation sites (tertiary alicyclic amines) is 1. The van der Waals surface area contributed by atoms with Crippen LogP contribution in [0.4, 0.5) is 4.79 Å². The van der Waals surface area contributed by atoms with Crippen molar-refractivity contribution in [3.05, 3.63) is 12.8 Å². The van der Waals surface area contributed by atoms with E-state index in [0.29, 0.717) is 13.1 Å².